The predicted molar refractivity (Wildman–Crippen MR) is 124 cm³/mol. The topological polar surface area (TPSA) is 85.8 Å². The number of aryl methyl sites for hydroxylation is 2. The van der Waals surface area contributed by atoms with Crippen molar-refractivity contribution in [3.05, 3.63) is 88.2 Å². The lowest BCUT2D eigenvalue weighted by molar-refractivity contribution is 0.0952. The Bertz CT molecular complexity index is 1400. The minimum absolute atomic E-state index is 0.188. The average molecular weight is 444 g/mol. The lowest BCUT2D eigenvalue weighted by Gasteiger charge is -2.12. The second-order valence-corrected chi connectivity index (χ2v) is 8.86. The highest BCUT2D eigenvalue weighted by molar-refractivity contribution is 7.15. The monoisotopic (exact) mass is 443 g/mol. The van der Waals surface area contributed by atoms with Gasteiger partial charge in [0.15, 0.2) is 0 Å². The third-order valence-corrected chi connectivity index (χ3v) is 6.33. The van der Waals surface area contributed by atoms with E-state index in [0.717, 1.165) is 16.0 Å². The molecule has 0 unspecified atom stereocenters. The third kappa shape index (κ3) is 3.92. The fourth-order valence-corrected chi connectivity index (χ4v) is 4.52. The highest BCUT2D eigenvalue weighted by Crippen LogP contribution is 2.31. The van der Waals surface area contributed by atoms with E-state index < -0.39 is 0 Å². The Kier molecular flexibility index (Phi) is 5.28. The van der Waals surface area contributed by atoms with Crippen molar-refractivity contribution in [2.24, 2.45) is 0 Å². The first-order valence-electron chi connectivity index (χ1n) is 10.2. The summed E-state index contributed by atoms with van der Waals surface area (Å²) >= 11 is 1.63. The molecule has 0 aliphatic carbocycles. The molecular formula is C24H21N5O2S. The molecule has 1 aromatic carbocycles. The maximum atomic E-state index is 13.3. The van der Waals surface area contributed by atoms with Crippen LogP contribution < -0.4 is 5.32 Å². The summed E-state index contributed by atoms with van der Waals surface area (Å²) in [5.41, 5.74) is 4.38. The van der Waals surface area contributed by atoms with Crippen LogP contribution in [0, 0.1) is 13.8 Å². The molecule has 1 N–H and O–H groups in total. The minimum Gasteiger partial charge on any atom is -0.348 e. The van der Waals surface area contributed by atoms with Crippen molar-refractivity contribution in [1.82, 2.24) is 25.2 Å². The zero-order valence-electron chi connectivity index (χ0n) is 17.7. The van der Waals surface area contributed by atoms with E-state index >= 15 is 0 Å². The second kappa shape index (κ2) is 8.39. The molecule has 4 heterocycles. The molecule has 0 aliphatic rings. The van der Waals surface area contributed by atoms with Crippen molar-refractivity contribution in [3.8, 4) is 10.6 Å². The van der Waals surface area contributed by atoms with Gasteiger partial charge in [-0.3, -0.25) is 9.48 Å². The largest absolute Gasteiger partial charge is 0.348 e. The third-order valence-electron chi connectivity index (χ3n) is 5.30. The Morgan fingerprint density at radius 2 is 1.97 bits per heavy atom. The highest BCUT2D eigenvalue weighted by atomic mass is 32.1. The van der Waals surface area contributed by atoms with Gasteiger partial charge in [-0.1, -0.05) is 29.4 Å². The van der Waals surface area contributed by atoms with E-state index in [9.17, 15) is 4.79 Å². The molecule has 0 bridgehead atoms. The molecule has 4 aromatic heterocycles. The van der Waals surface area contributed by atoms with Crippen LogP contribution in [0.5, 0.6) is 0 Å². The van der Waals surface area contributed by atoms with Crippen molar-refractivity contribution < 1.29 is 9.32 Å². The maximum Gasteiger partial charge on any atom is 0.259 e. The van der Waals surface area contributed by atoms with Gasteiger partial charge in [0, 0.05) is 23.8 Å². The van der Waals surface area contributed by atoms with E-state index in [-0.39, 0.29) is 5.91 Å². The van der Waals surface area contributed by atoms with Crippen LogP contribution in [0.4, 0.5) is 0 Å². The number of benzene rings is 1. The summed E-state index contributed by atoms with van der Waals surface area (Å²) in [7, 11) is 0. The molecule has 0 radical (unpaired) electrons. The standard InChI is InChI=1S/C24H21N5O2S/c1-15-8-9-21(32-15)20-12-19(22-16(2)28-31-24(22)27-20)23(30)25-13-17-6-3-4-7-18(17)14-29-11-5-10-26-29/h3-12H,13-14H2,1-2H3,(H,25,30). The Balaban J connectivity index is 1.44. The zero-order chi connectivity index (χ0) is 22.1. The van der Waals surface area contributed by atoms with E-state index in [1.807, 2.05) is 67.2 Å². The summed E-state index contributed by atoms with van der Waals surface area (Å²) in [5.74, 6) is -0.188. The van der Waals surface area contributed by atoms with Crippen molar-refractivity contribution >= 4 is 28.3 Å². The zero-order valence-corrected chi connectivity index (χ0v) is 18.5. The number of hydrogen-bond donors (Lipinski definition) is 1. The molecule has 0 fully saturated rings. The summed E-state index contributed by atoms with van der Waals surface area (Å²) in [6, 6.07) is 15.8. The smallest absolute Gasteiger partial charge is 0.259 e. The molecule has 5 aromatic rings. The summed E-state index contributed by atoms with van der Waals surface area (Å²) in [5, 5.41) is 12.0. The summed E-state index contributed by atoms with van der Waals surface area (Å²) < 4.78 is 7.27. The van der Waals surface area contributed by atoms with Gasteiger partial charge in [0.25, 0.3) is 11.6 Å². The van der Waals surface area contributed by atoms with Crippen molar-refractivity contribution in [1.29, 1.82) is 0 Å². The molecule has 0 aliphatic heterocycles. The first-order valence-corrected chi connectivity index (χ1v) is 11.1. The molecule has 32 heavy (non-hydrogen) atoms. The lowest BCUT2D eigenvalue weighted by Crippen LogP contribution is -2.24. The summed E-state index contributed by atoms with van der Waals surface area (Å²) in [6.07, 6.45) is 3.68. The first-order chi connectivity index (χ1) is 15.6. The van der Waals surface area contributed by atoms with Crippen LogP contribution in [0.15, 0.2) is 65.4 Å². The van der Waals surface area contributed by atoms with Gasteiger partial charge in [0.2, 0.25) is 0 Å². The summed E-state index contributed by atoms with van der Waals surface area (Å²) in [6.45, 7) is 4.90. The molecule has 7 nitrogen and oxygen atoms in total. The quantitative estimate of drug-likeness (QED) is 0.410. The number of pyridine rings is 1. The van der Waals surface area contributed by atoms with Crippen LogP contribution >= 0.6 is 11.3 Å². The second-order valence-electron chi connectivity index (χ2n) is 7.57. The van der Waals surface area contributed by atoms with Gasteiger partial charge in [-0.25, -0.2) is 4.98 Å². The van der Waals surface area contributed by atoms with Crippen LogP contribution in [0.25, 0.3) is 21.7 Å². The Morgan fingerprint density at radius 3 is 2.72 bits per heavy atom. The number of thiophene rings is 1. The number of aromatic nitrogens is 4. The number of fused-ring (bicyclic) bond motifs is 1. The van der Waals surface area contributed by atoms with E-state index in [0.29, 0.717) is 41.1 Å². The van der Waals surface area contributed by atoms with Gasteiger partial charge in [-0.15, -0.1) is 11.3 Å². The Labute approximate surface area is 188 Å². The lowest BCUT2D eigenvalue weighted by atomic mass is 10.1. The van der Waals surface area contributed by atoms with Crippen molar-refractivity contribution in [2.45, 2.75) is 26.9 Å². The van der Waals surface area contributed by atoms with Crippen molar-refractivity contribution in [2.75, 3.05) is 0 Å². The van der Waals surface area contributed by atoms with Crippen LogP contribution in [-0.4, -0.2) is 25.8 Å². The molecule has 8 heteroatoms. The molecule has 0 saturated carbocycles. The van der Waals surface area contributed by atoms with Gasteiger partial charge in [0.1, 0.15) is 0 Å². The predicted octanol–water partition coefficient (Wildman–Crippen LogP) is 4.74. The molecule has 0 saturated heterocycles. The van der Waals surface area contributed by atoms with E-state index in [1.54, 1.807) is 17.5 Å². The SMILES string of the molecule is Cc1ccc(-c2cc(C(=O)NCc3ccccc3Cn3cccn3)c3c(C)noc3n2)s1. The maximum absolute atomic E-state index is 13.3. The van der Waals surface area contributed by atoms with Gasteiger partial charge in [-0.2, -0.15) is 5.10 Å². The number of rotatable bonds is 6. The fourth-order valence-electron chi connectivity index (χ4n) is 3.70. The van der Waals surface area contributed by atoms with Crippen LogP contribution in [0.3, 0.4) is 0 Å². The van der Waals surface area contributed by atoms with Crippen molar-refractivity contribution in [3.63, 3.8) is 0 Å². The van der Waals surface area contributed by atoms with Crippen LogP contribution in [0.1, 0.15) is 32.1 Å². The van der Waals surface area contributed by atoms with Crippen LogP contribution in [0.2, 0.25) is 0 Å². The van der Waals surface area contributed by atoms with E-state index in [2.05, 4.69) is 26.6 Å². The number of hydrogen-bond acceptors (Lipinski definition) is 6. The average Bonchev–Trinajstić information content (AvgIpc) is 3.55. The molecule has 1 amide bonds. The number of nitrogens with zero attached hydrogens (tertiary/aromatic N) is 4. The first kappa shape index (κ1) is 20.1. The van der Waals surface area contributed by atoms with Gasteiger partial charge >= 0.3 is 0 Å². The molecular weight excluding hydrogens is 422 g/mol. The number of carbonyl (C=O) groups is 1. The highest BCUT2D eigenvalue weighted by Gasteiger charge is 2.20. The van der Waals surface area contributed by atoms with E-state index in [1.165, 1.54) is 4.88 Å². The normalized spacial score (nSPS) is 11.2. The van der Waals surface area contributed by atoms with Gasteiger partial charge in [-0.05, 0) is 49.2 Å². The number of amides is 1. The Hall–Kier alpha value is -3.78. The molecule has 5 rings (SSSR count). The Morgan fingerprint density at radius 1 is 1.12 bits per heavy atom. The van der Waals surface area contributed by atoms with Gasteiger partial charge < -0.3 is 9.84 Å². The van der Waals surface area contributed by atoms with Crippen LogP contribution in [-0.2, 0) is 13.1 Å². The van der Waals surface area contributed by atoms with E-state index in [4.69, 9.17) is 4.52 Å². The number of nitrogens with one attached hydrogen (secondary N) is 1. The molecule has 0 atom stereocenters. The molecule has 0 spiro atoms. The number of carbonyl (C=O) groups excluding carboxylic acids is 1. The van der Waals surface area contributed by atoms with Gasteiger partial charge in [0.05, 0.1) is 33.8 Å². The fraction of sp³-hybridized carbons (Fsp3) is 0.167. The minimum atomic E-state index is -0.188. The summed E-state index contributed by atoms with van der Waals surface area (Å²) in [4.78, 5) is 20.0. The molecule has 160 valence electrons.